The molecule has 1 aromatic heterocycles. The summed E-state index contributed by atoms with van der Waals surface area (Å²) in [5.74, 6) is 0.986. The SMILES string of the molecule is CCOc1cc(CNCc2ccncc2)c(Br)cc1OCC(=O)NC(C)(C)C. The largest absolute Gasteiger partial charge is 0.490 e. The van der Waals surface area contributed by atoms with Gasteiger partial charge >= 0.3 is 0 Å². The van der Waals surface area contributed by atoms with E-state index >= 15 is 0 Å². The number of amides is 1. The van der Waals surface area contributed by atoms with Gasteiger partial charge in [-0.15, -0.1) is 0 Å². The molecule has 0 saturated heterocycles. The van der Waals surface area contributed by atoms with E-state index in [1.807, 2.05) is 52.0 Å². The third kappa shape index (κ3) is 7.48. The van der Waals surface area contributed by atoms with Crippen LogP contribution in [0.3, 0.4) is 0 Å². The van der Waals surface area contributed by atoms with Crippen LogP contribution in [0.5, 0.6) is 11.5 Å². The van der Waals surface area contributed by atoms with Crippen LogP contribution in [0.2, 0.25) is 0 Å². The smallest absolute Gasteiger partial charge is 0.258 e. The van der Waals surface area contributed by atoms with Crippen molar-refractivity contribution >= 4 is 21.8 Å². The van der Waals surface area contributed by atoms with Gasteiger partial charge in [-0.1, -0.05) is 15.9 Å². The van der Waals surface area contributed by atoms with Crippen LogP contribution >= 0.6 is 15.9 Å². The summed E-state index contributed by atoms with van der Waals surface area (Å²) in [6.45, 7) is 9.56. The Morgan fingerprint density at radius 1 is 1.11 bits per heavy atom. The highest BCUT2D eigenvalue weighted by Gasteiger charge is 2.16. The molecule has 2 aromatic rings. The zero-order valence-electron chi connectivity index (χ0n) is 16.8. The van der Waals surface area contributed by atoms with Crippen molar-refractivity contribution in [3.8, 4) is 11.5 Å². The zero-order valence-corrected chi connectivity index (χ0v) is 18.4. The number of hydrogen-bond donors (Lipinski definition) is 2. The Balaban J connectivity index is 2.02. The van der Waals surface area contributed by atoms with Crippen LogP contribution in [0.1, 0.15) is 38.8 Å². The lowest BCUT2D eigenvalue weighted by Crippen LogP contribution is -2.43. The van der Waals surface area contributed by atoms with Crippen molar-refractivity contribution in [1.82, 2.24) is 15.6 Å². The second-order valence-corrected chi connectivity index (χ2v) is 8.22. The average molecular weight is 450 g/mol. The molecule has 1 aromatic carbocycles. The van der Waals surface area contributed by atoms with Crippen molar-refractivity contribution in [1.29, 1.82) is 0 Å². The lowest BCUT2D eigenvalue weighted by atomic mass is 10.1. The molecular formula is C21H28BrN3O3. The van der Waals surface area contributed by atoms with Gasteiger partial charge in [0.15, 0.2) is 18.1 Å². The summed E-state index contributed by atoms with van der Waals surface area (Å²) in [6.07, 6.45) is 3.56. The van der Waals surface area contributed by atoms with Gasteiger partial charge in [-0.2, -0.15) is 0 Å². The first-order chi connectivity index (χ1) is 13.3. The predicted molar refractivity (Wildman–Crippen MR) is 113 cm³/mol. The van der Waals surface area contributed by atoms with E-state index in [2.05, 4.69) is 31.5 Å². The lowest BCUT2D eigenvalue weighted by Gasteiger charge is -2.21. The molecule has 2 N–H and O–H groups in total. The molecule has 6 nitrogen and oxygen atoms in total. The van der Waals surface area contributed by atoms with Crippen LogP contribution < -0.4 is 20.1 Å². The number of rotatable bonds is 9. The number of benzene rings is 1. The monoisotopic (exact) mass is 449 g/mol. The van der Waals surface area contributed by atoms with Crippen molar-refractivity contribution in [2.24, 2.45) is 0 Å². The molecule has 1 heterocycles. The van der Waals surface area contributed by atoms with Gasteiger partial charge in [0.2, 0.25) is 0 Å². The maximum atomic E-state index is 12.0. The van der Waals surface area contributed by atoms with Crippen LogP contribution in [-0.4, -0.2) is 29.6 Å². The number of aromatic nitrogens is 1. The summed E-state index contributed by atoms with van der Waals surface area (Å²) in [7, 11) is 0. The van der Waals surface area contributed by atoms with Crippen molar-refractivity contribution in [3.05, 3.63) is 52.3 Å². The van der Waals surface area contributed by atoms with Crippen LogP contribution in [0.25, 0.3) is 0 Å². The number of pyridine rings is 1. The number of nitrogens with one attached hydrogen (secondary N) is 2. The normalized spacial score (nSPS) is 11.2. The molecule has 0 aliphatic carbocycles. The number of carbonyl (C=O) groups excluding carboxylic acids is 1. The van der Waals surface area contributed by atoms with Crippen molar-refractivity contribution in [3.63, 3.8) is 0 Å². The third-order valence-electron chi connectivity index (χ3n) is 3.68. The van der Waals surface area contributed by atoms with E-state index in [4.69, 9.17) is 9.47 Å². The third-order valence-corrected chi connectivity index (χ3v) is 4.42. The van der Waals surface area contributed by atoms with Crippen LogP contribution in [0, 0.1) is 0 Å². The van der Waals surface area contributed by atoms with Crippen LogP contribution in [0.15, 0.2) is 41.1 Å². The van der Waals surface area contributed by atoms with Crippen molar-refractivity contribution < 1.29 is 14.3 Å². The standard InChI is InChI=1S/C21H28BrN3O3/c1-5-27-18-10-16(13-24-12-15-6-8-23-9-7-15)17(22)11-19(18)28-14-20(26)25-21(2,3)4/h6-11,24H,5,12-14H2,1-4H3,(H,25,26). The van der Waals surface area contributed by atoms with Gasteiger partial charge in [-0.25, -0.2) is 0 Å². The zero-order chi connectivity index (χ0) is 20.6. The fourth-order valence-corrected chi connectivity index (χ4v) is 3.00. The fourth-order valence-electron chi connectivity index (χ4n) is 2.53. The van der Waals surface area contributed by atoms with Crippen LogP contribution in [0.4, 0.5) is 0 Å². The summed E-state index contributed by atoms with van der Waals surface area (Å²) in [5.41, 5.74) is 1.92. The van der Waals surface area contributed by atoms with Gasteiger partial charge < -0.3 is 20.1 Å². The first kappa shape index (κ1) is 22.2. The first-order valence-corrected chi connectivity index (χ1v) is 10.1. The topological polar surface area (TPSA) is 72.5 Å². The van der Waals surface area contributed by atoms with Gasteiger partial charge in [0.25, 0.3) is 5.91 Å². The van der Waals surface area contributed by atoms with Crippen molar-refractivity contribution in [2.75, 3.05) is 13.2 Å². The lowest BCUT2D eigenvalue weighted by molar-refractivity contribution is -0.124. The molecule has 0 radical (unpaired) electrons. The molecule has 0 unspecified atom stereocenters. The van der Waals surface area contributed by atoms with E-state index in [1.165, 1.54) is 5.56 Å². The predicted octanol–water partition coefficient (Wildman–Crippen LogP) is 3.83. The molecule has 1 amide bonds. The molecule has 28 heavy (non-hydrogen) atoms. The highest BCUT2D eigenvalue weighted by molar-refractivity contribution is 9.10. The minimum atomic E-state index is -0.298. The van der Waals surface area contributed by atoms with Gasteiger partial charge in [-0.3, -0.25) is 9.78 Å². The first-order valence-electron chi connectivity index (χ1n) is 9.27. The molecule has 0 aliphatic heterocycles. The summed E-state index contributed by atoms with van der Waals surface area (Å²) in [6, 6.07) is 7.74. The summed E-state index contributed by atoms with van der Waals surface area (Å²) >= 11 is 3.59. The van der Waals surface area contributed by atoms with E-state index < -0.39 is 0 Å². The molecule has 0 aliphatic rings. The molecule has 0 fully saturated rings. The molecular weight excluding hydrogens is 422 g/mol. The number of carbonyl (C=O) groups is 1. The molecule has 0 saturated carbocycles. The fraction of sp³-hybridized carbons (Fsp3) is 0.429. The Hall–Kier alpha value is -2.12. The Kier molecular flexibility index (Phi) is 8.26. The van der Waals surface area contributed by atoms with Gasteiger partial charge in [0.05, 0.1) is 6.61 Å². The Bertz CT molecular complexity index is 776. The Morgan fingerprint density at radius 2 is 1.79 bits per heavy atom. The number of halogens is 1. The quantitative estimate of drug-likeness (QED) is 0.608. The van der Waals surface area contributed by atoms with E-state index in [0.717, 1.165) is 16.6 Å². The maximum Gasteiger partial charge on any atom is 0.258 e. The maximum absolute atomic E-state index is 12.0. The summed E-state index contributed by atoms with van der Waals surface area (Å²) in [4.78, 5) is 16.0. The van der Waals surface area contributed by atoms with E-state index in [9.17, 15) is 4.79 Å². The highest BCUT2D eigenvalue weighted by atomic mass is 79.9. The van der Waals surface area contributed by atoms with Crippen molar-refractivity contribution in [2.45, 2.75) is 46.3 Å². The van der Waals surface area contributed by atoms with Gasteiger partial charge in [0, 0.05) is 35.5 Å². The van der Waals surface area contributed by atoms with Gasteiger partial charge in [-0.05, 0) is 63.1 Å². The summed E-state index contributed by atoms with van der Waals surface area (Å²) < 4.78 is 12.3. The highest BCUT2D eigenvalue weighted by Crippen LogP contribution is 2.34. The Morgan fingerprint density at radius 3 is 2.43 bits per heavy atom. The number of ether oxygens (including phenoxy) is 2. The molecule has 0 atom stereocenters. The number of nitrogens with zero attached hydrogens (tertiary/aromatic N) is 1. The van der Waals surface area contributed by atoms with E-state index in [0.29, 0.717) is 24.7 Å². The number of hydrogen-bond acceptors (Lipinski definition) is 5. The Labute approximate surface area is 175 Å². The van der Waals surface area contributed by atoms with Crippen LogP contribution in [-0.2, 0) is 17.9 Å². The molecule has 7 heteroatoms. The minimum absolute atomic E-state index is 0.0660. The van der Waals surface area contributed by atoms with Gasteiger partial charge in [0.1, 0.15) is 0 Å². The van der Waals surface area contributed by atoms with E-state index in [-0.39, 0.29) is 18.1 Å². The second-order valence-electron chi connectivity index (χ2n) is 7.37. The average Bonchev–Trinajstić information content (AvgIpc) is 2.62. The second kappa shape index (κ2) is 10.4. The molecule has 0 spiro atoms. The molecule has 2 rings (SSSR count). The molecule has 0 bridgehead atoms. The summed E-state index contributed by atoms with van der Waals surface area (Å²) in [5, 5.41) is 6.28. The minimum Gasteiger partial charge on any atom is -0.490 e. The molecule has 152 valence electrons. The van der Waals surface area contributed by atoms with E-state index in [1.54, 1.807) is 12.4 Å².